The lowest BCUT2D eigenvalue weighted by molar-refractivity contribution is -0.125. The van der Waals surface area contributed by atoms with E-state index in [0.717, 1.165) is 21.3 Å². The first kappa shape index (κ1) is 17.0. The van der Waals surface area contributed by atoms with Gasteiger partial charge in [-0.2, -0.15) is 0 Å². The van der Waals surface area contributed by atoms with Crippen molar-refractivity contribution in [3.8, 4) is 5.75 Å². The summed E-state index contributed by atoms with van der Waals surface area (Å²) in [6, 6.07) is 15.1. The number of para-hydroxylation sites is 1. The fourth-order valence-electron chi connectivity index (χ4n) is 1.86. The standard InChI is InChI=1S/C17H17BrN2O3/c1-22-16-9-5-3-7-14(16)10-19-17(21)12-23-20-11-13-6-2-4-8-15(13)18/h2-9,11H,10,12H2,1H3,(H,19,21)/b20-11-. The summed E-state index contributed by atoms with van der Waals surface area (Å²) in [6.45, 7) is 0.232. The molecular formula is C17H17BrN2O3. The van der Waals surface area contributed by atoms with E-state index in [2.05, 4.69) is 26.4 Å². The number of oxime groups is 1. The zero-order valence-electron chi connectivity index (χ0n) is 12.7. The summed E-state index contributed by atoms with van der Waals surface area (Å²) in [7, 11) is 1.60. The number of nitrogens with one attached hydrogen (secondary N) is 1. The van der Waals surface area contributed by atoms with Crippen molar-refractivity contribution >= 4 is 28.1 Å². The van der Waals surface area contributed by atoms with E-state index in [4.69, 9.17) is 9.57 Å². The quantitative estimate of drug-likeness (QED) is 0.596. The molecule has 0 unspecified atom stereocenters. The van der Waals surface area contributed by atoms with Crippen LogP contribution in [0.15, 0.2) is 58.2 Å². The van der Waals surface area contributed by atoms with Gasteiger partial charge in [-0.25, -0.2) is 0 Å². The van der Waals surface area contributed by atoms with Gasteiger partial charge < -0.3 is 14.9 Å². The molecule has 1 amide bonds. The molecule has 5 nitrogen and oxygen atoms in total. The summed E-state index contributed by atoms with van der Waals surface area (Å²) >= 11 is 3.40. The summed E-state index contributed by atoms with van der Waals surface area (Å²) in [6.07, 6.45) is 1.55. The van der Waals surface area contributed by atoms with Crippen LogP contribution in [-0.4, -0.2) is 25.8 Å². The molecule has 0 aliphatic rings. The minimum absolute atomic E-state index is 0.143. The van der Waals surface area contributed by atoms with Crippen molar-refractivity contribution in [3.63, 3.8) is 0 Å². The van der Waals surface area contributed by atoms with Crippen LogP contribution in [0.2, 0.25) is 0 Å². The van der Waals surface area contributed by atoms with E-state index in [1.54, 1.807) is 13.3 Å². The molecule has 0 saturated carbocycles. The first-order valence-electron chi connectivity index (χ1n) is 6.99. The van der Waals surface area contributed by atoms with Crippen LogP contribution >= 0.6 is 15.9 Å². The molecule has 0 saturated heterocycles. The van der Waals surface area contributed by atoms with Gasteiger partial charge in [0.25, 0.3) is 5.91 Å². The molecule has 0 atom stereocenters. The van der Waals surface area contributed by atoms with Gasteiger partial charge in [-0.15, -0.1) is 0 Å². The molecular weight excluding hydrogens is 360 g/mol. The number of carbonyl (C=O) groups is 1. The molecule has 2 aromatic rings. The molecule has 0 heterocycles. The van der Waals surface area contributed by atoms with Crippen molar-refractivity contribution in [2.24, 2.45) is 5.16 Å². The van der Waals surface area contributed by atoms with Gasteiger partial charge in [-0.3, -0.25) is 4.79 Å². The largest absolute Gasteiger partial charge is 0.496 e. The normalized spacial score (nSPS) is 10.5. The highest BCUT2D eigenvalue weighted by Crippen LogP contribution is 2.16. The smallest absolute Gasteiger partial charge is 0.261 e. The van der Waals surface area contributed by atoms with Crippen molar-refractivity contribution in [3.05, 3.63) is 64.1 Å². The minimum Gasteiger partial charge on any atom is -0.496 e. The van der Waals surface area contributed by atoms with E-state index in [-0.39, 0.29) is 12.5 Å². The maximum atomic E-state index is 11.7. The van der Waals surface area contributed by atoms with Gasteiger partial charge in [0.1, 0.15) is 5.75 Å². The van der Waals surface area contributed by atoms with E-state index in [1.807, 2.05) is 48.5 Å². The molecule has 0 aromatic heterocycles. The van der Waals surface area contributed by atoms with Crippen molar-refractivity contribution in [2.45, 2.75) is 6.54 Å². The molecule has 0 aliphatic heterocycles. The SMILES string of the molecule is COc1ccccc1CNC(=O)CO/N=C\c1ccccc1Br. The maximum Gasteiger partial charge on any atom is 0.261 e. The number of nitrogens with zero attached hydrogens (tertiary/aromatic N) is 1. The van der Waals surface area contributed by atoms with Gasteiger partial charge in [0.15, 0.2) is 6.61 Å². The lowest BCUT2D eigenvalue weighted by Gasteiger charge is -2.09. The van der Waals surface area contributed by atoms with Gasteiger partial charge in [-0.05, 0) is 12.1 Å². The Kier molecular flexibility index (Phi) is 6.62. The van der Waals surface area contributed by atoms with Gasteiger partial charge in [0.05, 0.1) is 13.3 Å². The summed E-state index contributed by atoms with van der Waals surface area (Å²) in [4.78, 5) is 16.7. The first-order valence-corrected chi connectivity index (χ1v) is 7.78. The van der Waals surface area contributed by atoms with Gasteiger partial charge in [0, 0.05) is 22.1 Å². The number of carbonyl (C=O) groups excluding carboxylic acids is 1. The van der Waals surface area contributed by atoms with E-state index < -0.39 is 0 Å². The highest BCUT2D eigenvalue weighted by Gasteiger charge is 2.05. The molecule has 0 spiro atoms. The molecule has 2 rings (SSSR count). The summed E-state index contributed by atoms with van der Waals surface area (Å²) in [5.41, 5.74) is 1.78. The van der Waals surface area contributed by atoms with Gasteiger partial charge in [-0.1, -0.05) is 57.5 Å². The van der Waals surface area contributed by atoms with Crippen LogP contribution in [0.1, 0.15) is 11.1 Å². The second-order valence-electron chi connectivity index (χ2n) is 4.62. The molecule has 2 aromatic carbocycles. The van der Waals surface area contributed by atoms with E-state index >= 15 is 0 Å². The lowest BCUT2D eigenvalue weighted by atomic mass is 10.2. The van der Waals surface area contributed by atoms with Crippen LogP contribution in [0.5, 0.6) is 5.75 Å². The molecule has 23 heavy (non-hydrogen) atoms. The number of amides is 1. The van der Waals surface area contributed by atoms with Crippen molar-refractivity contribution in [1.82, 2.24) is 5.32 Å². The third-order valence-electron chi connectivity index (χ3n) is 3.04. The Labute approximate surface area is 143 Å². The number of hydrogen-bond donors (Lipinski definition) is 1. The minimum atomic E-state index is -0.250. The first-order chi connectivity index (χ1) is 11.2. The second kappa shape index (κ2) is 8.95. The summed E-state index contributed by atoms with van der Waals surface area (Å²) < 4.78 is 6.14. The summed E-state index contributed by atoms with van der Waals surface area (Å²) in [5, 5.41) is 6.55. The van der Waals surface area contributed by atoms with Crippen molar-refractivity contribution in [2.75, 3.05) is 13.7 Å². The Hall–Kier alpha value is -2.34. The van der Waals surface area contributed by atoms with Crippen LogP contribution in [0.25, 0.3) is 0 Å². The molecule has 120 valence electrons. The summed E-state index contributed by atoms with van der Waals surface area (Å²) in [5.74, 6) is 0.487. The average molecular weight is 377 g/mol. The maximum absolute atomic E-state index is 11.7. The van der Waals surface area contributed by atoms with Crippen LogP contribution in [-0.2, 0) is 16.2 Å². The average Bonchev–Trinajstić information content (AvgIpc) is 2.58. The number of ether oxygens (including phenoxy) is 1. The zero-order chi connectivity index (χ0) is 16.5. The fraction of sp³-hybridized carbons (Fsp3) is 0.176. The highest BCUT2D eigenvalue weighted by atomic mass is 79.9. The molecule has 6 heteroatoms. The Bertz CT molecular complexity index is 689. The van der Waals surface area contributed by atoms with Crippen LogP contribution in [0, 0.1) is 0 Å². The number of rotatable bonds is 7. The van der Waals surface area contributed by atoms with E-state index in [0.29, 0.717) is 6.54 Å². The number of hydrogen-bond acceptors (Lipinski definition) is 4. The third kappa shape index (κ3) is 5.41. The molecule has 0 radical (unpaired) electrons. The third-order valence-corrected chi connectivity index (χ3v) is 3.76. The zero-order valence-corrected chi connectivity index (χ0v) is 14.2. The number of halogens is 1. The van der Waals surface area contributed by atoms with E-state index in [9.17, 15) is 4.79 Å². The lowest BCUT2D eigenvalue weighted by Crippen LogP contribution is -2.26. The van der Waals surface area contributed by atoms with Crippen LogP contribution in [0.4, 0.5) is 0 Å². The molecule has 0 bridgehead atoms. The Morgan fingerprint density at radius 1 is 1.22 bits per heavy atom. The van der Waals surface area contributed by atoms with Crippen molar-refractivity contribution < 1.29 is 14.4 Å². The predicted octanol–water partition coefficient (Wildman–Crippen LogP) is 3.12. The monoisotopic (exact) mass is 376 g/mol. The Morgan fingerprint density at radius 2 is 1.96 bits per heavy atom. The van der Waals surface area contributed by atoms with Crippen LogP contribution < -0.4 is 10.1 Å². The Balaban J connectivity index is 1.76. The van der Waals surface area contributed by atoms with E-state index in [1.165, 1.54) is 0 Å². The van der Waals surface area contributed by atoms with Crippen LogP contribution in [0.3, 0.4) is 0 Å². The predicted molar refractivity (Wildman–Crippen MR) is 92.5 cm³/mol. The highest BCUT2D eigenvalue weighted by molar-refractivity contribution is 9.10. The fourth-order valence-corrected chi connectivity index (χ4v) is 2.25. The molecule has 1 N–H and O–H groups in total. The van der Waals surface area contributed by atoms with Gasteiger partial charge >= 0.3 is 0 Å². The molecule has 0 fully saturated rings. The van der Waals surface area contributed by atoms with Gasteiger partial charge in [0.2, 0.25) is 0 Å². The Morgan fingerprint density at radius 3 is 2.74 bits per heavy atom. The molecule has 0 aliphatic carbocycles. The van der Waals surface area contributed by atoms with Crippen molar-refractivity contribution in [1.29, 1.82) is 0 Å². The topological polar surface area (TPSA) is 59.9 Å². The number of benzene rings is 2. The second-order valence-corrected chi connectivity index (χ2v) is 5.47. The number of methoxy groups -OCH3 is 1.